The average Bonchev–Trinajstić information content (AvgIpc) is 2.21. The Hall–Kier alpha value is -0.0500. The third kappa shape index (κ3) is 4.54. The van der Waals surface area contributed by atoms with E-state index in [1.165, 1.54) is 5.56 Å². The molecule has 0 amide bonds. The maximum atomic E-state index is 6.10. The molecule has 1 atom stereocenters. The molecule has 1 unspecified atom stereocenters. The summed E-state index contributed by atoms with van der Waals surface area (Å²) in [7, 11) is 2.13. The first-order valence-corrected chi connectivity index (χ1v) is 6.61. The van der Waals surface area contributed by atoms with Gasteiger partial charge in [0.2, 0.25) is 0 Å². The predicted octanol–water partition coefficient (Wildman–Crippen LogP) is 3.80. The molecule has 1 aromatic carbocycles. The van der Waals surface area contributed by atoms with Gasteiger partial charge in [-0.2, -0.15) is 0 Å². The molecule has 0 fully saturated rings. The molecular formula is C12H17BrClN. The van der Waals surface area contributed by atoms with Gasteiger partial charge in [0.1, 0.15) is 0 Å². The molecule has 0 aliphatic rings. The predicted molar refractivity (Wildman–Crippen MR) is 70.7 cm³/mol. The van der Waals surface area contributed by atoms with Gasteiger partial charge in [0.25, 0.3) is 0 Å². The Labute approximate surface area is 106 Å². The largest absolute Gasteiger partial charge is 0.302 e. The van der Waals surface area contributed by atoms with Crippen LogP contribution in [0.25, 0.3) is 0 Å². The highest BCUT2D eigenvalue weighted by Gasteiger charge is 2.07. The van der Waals surface area contributed by atoms with Crippen molar-refractivity contribution in [3.8, 4) is 0 Å². The monoisotopic (exact) mass is 289 g/mol. The van der Waals surface area contributed by atoms with E-state index in [2.05, 4.69) is 40.9 Å². The molecule has 0 radical (unpaired) electrons. The second kappa shape index (κ2) is 6.51. The molecule has 3 heteroatoms. The lowest BCUT2D eigenvalue weighted by molar-refractivity contribution is 0.291. The zero-order chi connectivity index (χ0) is 11.3. The van der Waals surface area contributed by atoms with E-state index in [9.17, 15) is 0 Å². The van der Waals surface area contributed by atoms with Gasteiger partial charge in [0.05, 0.1) is 0 Å². The van der Waals surface area contributed by atoms with Crippen LogP contribution in [-0.4, -0.2) is 23.8 Å². The molecule has 1 nitrogen and oxygen atoms in total. The summed E-state index contributed by atoms with van der Waals surface area (Å²) in [5.74, 6) is 0.664. The molecule has 0 heterocycles. The van der Waals surface area contributed by atoms with Crippen molar-refractivity contribution in [3.05, 3.63) is 34.9 Å². The van der Waals surface area contributed by atoms with Gasteiger partial charge in [-0.1, -0.05) is 52.7 Å². The zero-order valence-electron chi connectivity index (χ0n) is 9.21. The minimum Gasteiger partial charge on any atom is -0.302 e. The van der Waals surface area contributed by atoms with E-state index in [4.69, 9.17) is 11.6 Å². The average molecular weight is 291 g/mol. The smallest absolute Gasteiger partial charge is 0.0451 e. The third-order valence-corrected chi connectivity index (χ3v) is 3.76. The van der Waals surface area contributed by atoms with E-state index < -0.39 is 0 Å². The molecule has 1 aromatic rings. The molecule has 0 bridgehead atoms. The molecule has 0 aliphatic heterocycles. The van der Waals surface area contributed by atoms with Crippen molar-refractivity contribution < 1.29 is 0 Å². The molecule has 15 heavy (non-hydrogen) atoms. The van der Waals surface area contributed by atoms with Crippen LogP contribution < -0.4 is 0 Å². The maximum absolute atomic E-state index is 6.10. The van der Waals surface area contributed by atoms with Crippen LogP contribution in [0.2, 0.25) is 5.02 Å². The Kier molecular flexibility index (Phi) is 5.65. The molecule has 0 aromatic heterocycles. The standard InChI is InChI=1S/C12H17BrClN/c1-10(7-13)8-15(2)9-11-5-3-4-6-12(11)14/h3-6,10H,7-9H2,1-2H3. The first-order valence-electron chi connectivity index (χ1n) is 5.11. The van der Waals surface area contributed by atoms with E-state index in [1.54, 1.807) is 0 Å². The normalized spacial score (nSPS) is 13.1. The van der Waals surface area contributed by atoms with Crippen LogP contribution in [0.15, 0.2) is 24.3 Å². The Morgan fingerprint density at radius 2 is 2.07 bits per heavy atom. The quantitative estimate of drug-likeness (QED) is 0.746. The fourth-order valence-corrected chi connectivity index (χ4v) is 1.96. The Bertz CT molecular complexity index is 303. The summed E-state index contributed by atoms with van der Waals surface area (Å²) in [5.41, 5.74) is 1.20. The van der Waals surface area contributed by atoms with Gasteiger partial charge < -0.3 is 4.90 Å². The minimum atomic E-state index is 0.664. The summed E-state index contributed by atoms with van der Waals surface area (Å²) in [4.78, 5) is 2.30. The summed E-state index contributed by atoms with van der Waals surface area (Å²) in [5, 5.41) is 1.90. The Morgan fingerprint density at radius 1 is 1.40 bits per heavy atom. The van der Waals surface area contributed by atoms with Gasteiger partial charge >= 0.3 is 0 Å². The highest BCUT2D eigenvalue weighted by atomic mass is 79.9. The van der Waals surface area contributed by atoms with Crippen molar-refractivity contribution in [2.75, 3.05) is 18.9 Å². The van der Waals surface area contributed by atoms with Gasteiger partial charge in [-0.25, -0.2) is 0 Å². The van der Waals surface area contributed by atoms with Crippen molar-refractivity contribution in [2.24, 2.45) is 5.92 Å². The summed E-state index contributed by atoms with van der Waals surface area (Å²) < 4.78 is 0. The lowest BCUT2D eigenvalue weighted by Gasteiger charge is -2.20. The highest BCUT2D eigenvalue weighted by molar-refractivity contribution is 9.09. The number of rotatable bonds is 5. The number of hydrogen-bond acceptors (Lipinski definition) is 1. The van der Waals surface area contributed by atoms with E-state index in [1.807, 2.05) is 18.2 Å². The summed E-state index contributed by atoms with van der Waals surface area (Å²) in [6, 6.07) is 8.02. The second-order valence-electron chi connectivity index (χ2n) is 4.05. The van der Waals surface area contributed by atoms with E-state index in [-0.39, 0.29) is 0 Å². The lowest BCUT2D eigenvalue weighted by atomic mass is 10.2. The van der Waals surface area contributed by atoms with Crippen LogP contribution in [-0.2, 0) is 6.54 Å². The molecule has 84 valence electrons. The maximum Gasteiger partial charge on any atom is 0.0451 e. The third-order valence-electron chi connectivity index (χ3n) is 2.28. The molecule has 0 N–H and O–H groups in total. The SMILES string of the molecule is CC(CBr)CN(C)Cc1ccccc1Cl. The first-order chi connectivity index (χ1) is 7.13. The molecule has 0 spiro atoms. The molecule has 0 saturated heterocycles. The van der Waals surface area contributed by atoms with Gasteiger partial charge in [-0.05, 0) is 24.6 Å². The van der Waals surface area contributed by atoms with Crippen LogP contribution in [0.3, 0.4) is 0 Å². The fourth-order valence-electron chi connectivity index (χ4n) is 1.56. The van der Waals surface area contributed by atoms with Crippen LogP contribution in [0.1, 0.15) is 12.5 Å². The number of nitrogens with zero attached hydrogens (tertiary/aromatic N) is 1. The van der Waals surface area contributed by atoms with Crippen LogP contribution in [0.4, 0.5) is 0 Å². The second-order valence-corrected chi connectivity index (χ2v) is 5.10. The van der Waals surface area contributed by atoms with Crippen molar-refractivity contribution in [2.45, 2.75) is 13.5 Å². The van der Waals surface area contributed by atoms with Crippen LogP contribution in [0.5, 0.6) is 0 Å². The number of alkyl halides is 1. The van der Waals surface area contributed by atoms with Crippen LogP contribution in [0, 0.1) is 5.92 Å². The molecular weight excluding hydrogens is 273 g/mol. The van der Waals surface area contributed by atoms with Gasteiger partial charge in [-0.15, -0.1) is 0 Å². The number of benzene rings is 1. The minimum absolute atomic E-state index is 0.664. The van der Waals surface area contributed by atoms with E-state index in [0.29, 0.717) is 5.92 Å². The van der Waals surface area contributed by atoms with Crippen molar-refractivity contribution in [1.82, 2.24) is 4.90 Å². The first kappa shape index (κ1) is 13.0. The highest BCUT2D eigenvalue weighted by Crippen LogP contribution is 2.17. The van der Waals surface area contributed by atoms with E-state index >= 15 is 0 Å². The van der Waals surface area contributed by atoms with Gasteiger partial charge in [-0.3, -0.25) is 0 Å². The Morgan fingerprint density at radius 3 is 2.67 bits per heavy atom. The lowest BCUT2D eigenvalue weighted by Crippen LogP contribution is -2.24. The number of halogens is 2. The molecule has 0 saturated carbocycles. The summed E-state index contributed by atoms with van der Waals surface area (Å²) in [6.45, 7) is 4.23. The van der Waals surface area contributed by atoms with E-state index in [0.717, 1.165) is 23.4 Å². The summed E-state index contributed by atoms with van der Waals surface area (Å²) in [6.07, 6.45) is 0. The van der Waals surface area contributed by atoms with Gasteiger partial charge in [0.15, 0.2) is 0 Å². The molecule has 0 aliphatic carbocycles. The fraction of sp³-hybridized carbons (Fsp3) is 0.500. The van der Waals surface area contributed by atoms with Gasteiger partial charge in [0, 0.05) is 23.4 Å². The van der Waals surface area contributed by atoms with Crippen molar-refractivity contribution in [3.63, 3.8) is 0 Å². The molecule has 1 rings (SSSR count). The van der Waals surface area contributed by atoms with Crippen molar-refractivity contribution >= 4 is 27.5 Å². The number of hydrogen-bond donors (Lipinski definition) is 0. The Balaban J connectivity index is 2.51. The zero-order valence-corrected chi connectivity index (χ0v) is 11.6. The topological polar surface area (TPSA) is 3.24 Å². The van der Waals surface area contributed by atoms with Crippen molar-refractivity contribution in [1.29, 1.82) is 0 Å². The van der Waals surface area contributed by atoms with Crippen LogP contribution >= 0.6 is 27.5 Å². The summed E-state index contributed by atoms with van der Waals surface area (Å²) >= 11 is 9.59.